The lowest BCUT2D eigenvalue weighted by Gasteiger charge is -2.14. The van der Waals surface area contributed by atoms with Gasteiger partial charge in [-0.3, -0.25) is 4.79 Å². The summed E-state index contributed by atoms with van der Waals surface area (Å²) in [7, 11) is 0. The van der Waals surface area contributed by atoms with Crippen LogP contribution in [0, 0.1) is 12.7 Å². The van der Waals surface area contributed by atoms with Crippen molar-refractivity contribution in [1.82, 2.24) is 0 Å². The van der Waals surface area contributed by atoms with Gasteiger partial charge in [-0.2, -0.15) is 0 Å². The molecule has 1 amide bonds. The number of hydrogen-bond acceptors (Lipinski definition) is 2. The van der Waals surface area contributed by atoms with E-state index in [-0.39, 0.29) is 18.3 Å². The number of halogens is 1. The van der Waals surface area contributed by atoms with Gasteiger partial charge >= 0.3 is 0 Å². The molecule has 0 bridgehead atoms. The van der Waals surface area contributed by atoms with Crippen LogP contribution >= 0.6 is 0 Å². The van der Waals surface area contributed by atoms with Gasteiger partial charge in [0.15, 0.2) is 0 Å². The third-order valence-electron chi connectivity index (χ3n) is 3.73. The Kier molecular flexibility index (Phi) is 5.74. The molecule has 0 unspecified atom stereocenters. The van der Waals surface area contributed by atoms with Crippen molar-refractivity contribution < 1.29 is 13.9 Å². The first-order valence-corrected chi connectivity index (χ1v) is 7.84. The van der Waals surface area contributed by atoms with Crippen LogP contribution in [0.3, 0.4) is 0 Å². The number of carbonyl (C=O) groups is 1. The topological polar surface area (TPSA) is 38.3 Å². The summed E-state index contributed by atoms with van der Waals surface area (Å²) >= 11 is 0. The molecule has 0 aliphatic rings. The fraction of sp³-hybridized carbons (Fsp3) is 0.316. The van der Waals surface area contributed by atoms with E-state index in [0.717, 1.165) is 17.7 Å². The van der Waals surface area contributed by atoms with Gasteiger partial charge in [-0.1, -0.05) is 32.0 Å². The zero-order valence-corrected chi connectivity index (χ0v) is 13.8. The Bertz CT molecular complexity index is 698. The molecule has 0 aromatic heterocycles. The van der Waals surface area contributed by atoms with Crippen LogP contribution < -0.4 is 10.1 Å². The molecule has 0 radical (unpaired) electrons. The SMILES string of the molecule is CCC(=O)Nc1cccc(F)c1COc1ccc(CC)cc1C. The number of carbonyl (C=O) groups excluding carboxylic acids is 1. The minimum absolute atomic E-state index is 0.0678. The number of nitrogens with one attached hydrogen (secondary N) is 1. The number of rotatable bonds is 6. The van der Waals surface area contributed by atoms with E-state index in [1.54, 1.807) is 19.1 Å². The van der Waals surface area contributed by atoms with E-state index in [1.807, 2.05) is 19.1 Å². The summed E-state index contributed by atoms with van der Waals surface area (Å²) in [6.07, 6.45) is 1.30. The third kappa shape index (κ3) is 4.31. The second-order valence-corrected chi connectivity index (χ2v) is 5.41. The Morgan fingerprint density at radius 2 is 2.00 bits per heavy atom. The molecule has 0 spiro atoms. The Labute approximate surface area is 136 Å². The highest BCUT2D eigenvalue weighted by atomic mass is 19.1. The third-order valence-corrected chi connectivity index (χ3v) is 3.73. The zero-order chi connectivity index (χ0) is 16.8. The number of ether oxygens (including phenoxy) is 1. The summed E-state index contributed by atoms with van der Waals surface area (Å²) in [5, 5.41) is 2.71. The standard InChI is InChI=1S/C19H22FNO2/c1-4-14-9-10-18(13(3)11-14)23-12-15-16(20)7-6-8-17(15)21-19(22)5-2/h6-11H,4-5,12H2,1-3H3,(H,21,22). The van der Waals surface area contributed by atoms with Gasteiger partial charge in [-0.05, 0) is 42.7 Å². The summed E-state index contributed by atoms with van der Waals surface area (Å²) in [5.41, 5.74) is 3.06. The fourth-order valence-electron chi connectivity index (χ4n) is 2.30. The number of anilines is 1. The molecule has 4 heteroatoms. The molecule has 23 heavy (non-hydrogen) atoms. The van der Waals surface area contributed by atoms with E-state index >= 15 is 0 Å². The van der Waals surface area contributed by atoms with Gasteiger partial charge in [0.2, 0.25) is 5.91 Å². The fourth-order valence-corrected chi connectivity index (χ4v) is 2.30. The highest BCUT2D eigenvalue weighted by Crippen LogP contribution is 2.24. The first kappa shape index (κ1) is 17.0. The molecular weight excluding hydrogens is 293 g/mol. The second-order valence-electron chi connectivity index (χ2n) is 5.41. The Morgan fingerprint density at radius 1 is 1.22 bits per heavy atom. The Hall–Kier alpha value is -2.36. The average Bonchev–Trinajstić information content (AvgIpc) is 2.55. The van der Waals surface area contributed by atoms with Gasteiger partial charge in [0.25, 0.3) is 0 Å². The molecular formula is C19H22FNO2. The average molecular weight is 315 g/mol. The van der Waals surface area contributed by atoms with Gasteiger partial charge in [-0.15, -0.1) is 0 Å². The van der Waals surface area contributed by atoms with Crippen LogP contribution in [0.2, 0.25) is 0 Å². The maximum Gasteiger partial charge on any atom is 0.224 e. The van der Waals surface area contributed by atoms with Crippen LogP contribution in [0.1, 0.15) is 37.0 Å². The van der Waals surface area contributed by atoms with Crippen LogP contribution in [0.4, 0.5) is 10.1 Å². The van der Waals surface area contributed by atoms with E-state index in [9.17, 15) is 9.18 Å². The van der Waals surface area contributed by atoms with Gasteiger partial charge < -0.3 is 10.1 Å². The van der Waals surface area contributed by atoms with Gasteiger partial charge in [0.05, 0.1) is 5.69 Å². The van der Waals surface area contributed by atoms with Crippen molar-refractivity contribution in [2.45, 2.75) is 40.2 Å². The summed E-state index contributed by atoms with van der Waals surface area (Å²) in [5.74, 6) is 0.181. The number of amides is 1. The molecule has 0 fully saturated rings. The van der Waals surface area contributed by atoms with Crippen molar-refractivity contribution in [3.8, 4) is 5.75 Å². The predicted octanol–water partition coefficient (Wildman–Crippen LogP) is 4.62. The van der Waals surface area contributed by atoms with Gasteiger partial charge in [-0.25, -0.2) is 4.39 Å². The van der Waals surface area contributed by atoms with Crippen molar-refractivity contribution in [2.24, 2.45) is 0 Å². The smallest absolute Gasteiger partial charge is 0.224 e. The Morgan fingerprint density at radius 3 is 2.65 bits per heavy atom. The molecule has 1 N–H and O–H groups in total. The molecule has 2 aromatic rings. The van der Waals surface area contributed by atoms with Crippen molar-refractivity contribution >= 4 is 11.6 Å². The Balaban J connectivity index is 2.18. The second kappa shape index (κ2) is 7.77. The summed E-state index contributed by atoms with van der Waals surface area (Å²) in [6.45, 7) is 5.88. The van der Waals surface area contributed by atoms with Gasteiger partial charge in [0.1, 0.15) is 18.2 Å². The van der Waals surface area contributed by atoms with Crippen molar-refractivity contribution in [3.05, 3.63) is 58.9 Å². The molecule has 3 nitrogen and oxygen atoms in total. The molecule has 0 aliphatic carbocycles. The highest BCUT2D eigenvalue weighted by Gasteiger charge is 2.12. The summed E-state index contributed by atoms with van der Waals surface area (Å²) in [6, 6.07) is 10.6. The minimum Gasteiger partial charge on any atom is -0.488 e. The maximum absolute atomic E-state index is 14.1. The highest BCUT2D eigenvalue weighted by molar-refractivity contribution is 5.91. The lowest BCUT2D eigenvalue weighted by Crippen LogP contribution is -2.13. The van der Waals surface area contributed by atoms with Crippen LogP contribution in [0.5, 0.6) is 5.75 Å². The molecule has 0 saturated carbocycles. The molecule has 2 rings (SSSR count). The van der Waals surface area contributed by atoms with Crippen LogP contribution in [0.15, 0.2) is 36.4 Å². The quantitative estimate of drug-likeness (QED) is 0.844. The van der Waals surface area contributed by atoms with Gasteiger partial charge in [0, 0.05) is 12.0 Å². The molecule has 0 atom stereocenters. The monoisotopic (exact) mass is 315 g/mol. The first-order chi connectivity index (χ1) is 11.0. The van der Waals surface area contributed by atoms with Crippen molar-refractivity contribution in [3.63, 3.8) is 0 Å². The van der Waals surface area contributed by atoms with Crippen LogP contribution in [-0.2, 0) is 17.8 Å². The predicted molar refractivity (Wildman–Crippen MR) is 90.2 cm³/mol. The zero-order valence-electron chi connectivity index (χ0n) is 13.8. The lowest BCUT2D eigenvalue weighted by molar-refractivity contribution is -0.115. The summed E-state index contributed by atoms with van der Waals surface area (Å²) < 4.78 is 19.9. The molecule has 0 aliphatic heterocycles. The van der Waals surface area contributed by atoms with E-state index in [4.69, 9.17) is 4.74 Å². The van der Waals surface area contributed by atoms with E-state index in [0.29, 0.717) is 17.7 Å². The number of benzene rings is 2. The van der Waals surface area contributed by atoms with Crippen molar-refractivity contribution in [1.29, 1.82) is 0 Å². The number of aryl methyl sites for hydroxylation is 2. The lowest BCUT2D eigenvalue weighted by atomic mass is 10.1. The normalized spacial score (nSPS) is 10.4. The molecule has 122 valence electrons. The van der Waals surface area contributed by atoms with Crippen molar-refractivity contribution in [2.75, 3.05) is 5.32 Å². The first-order valence-electron chi connectivity index (χ1n) is 7.84. The largest absolute Gasteiger partial charge is 0.488 e. The summed E-state index contributed by atoms with van der Waals surface area (Å²) in [4.78, 5) is 11.6. The maximum atomic E-state index is 14.1. The van der Waals surface area contributed by atoms with E-state index in [1.165, 1.54) is 11.6 Å². The van der Waals surface area contributed by atoms with E-state index < -0.39 is 0 Å². The van der Waals surface area contributed by atoms with E-state index in [2.05, 4.69) is 18.3 Å². The number of hydrogen-bond donors (Lipinski definition) is 1. The molecule has 0 heterocycles. The minimum atomic E-state index is -0.387. The van der Waals surface area contributed by atoms with Crippen LogP contribution in [-0.4, -0.2) is 5.91 Å². The molecule has 2 aromatic carbocycles. The van der Waals surface area contributed by atoms with Crippen LogP contribution in [0.25, 0.3) is 0 Å². The molecule has 0 saturated heterocycles.